The van der Waals surface area contributed by atoms with Gasteiger partial charge in [0.2, 0.25) is 0 Å². The van der Waals surface area contributed by atoms with Crippen LogP contribution >= 0.6 is 11.8 Å². The second-order valence-corrected chi connectivity index (χ2v) is 8.69. The molecular formula is C17H26O5S. The van der Waals surface area contributed by atoms with Gasteiger partial charge in [-0.1, -0.05) is 6.92 Å². The van der Waals surface area contributed by atoms with Crippen LogP contribution in [-0.4, -0.2) is 45.9 Å². The van der Waals surface area contributed by atoms with E-state index in [4.69, 9.17) is 9.47 Å². The molecule has 3 aliphatic rings. The van der Waals surface area contributed by atoms with E-state index in [1.165, 1.54) is 0 Å². The molecule has 6 heteroatoms. The van der Waals surface area contributed by atoms with E-state index in [1.54, 1.807) is 11.8 Å². The molecule has 3 fully saturated rings. The molecule has 1 N–H and O–H groups in total. The van der Waals surface area contributed by atoms with Crippen LogP contribution in [0, 0.1) is 17.8 Å². The molecule has 3 rings (SSSR count). The van der Waals surface area contributed by atoms with E-state index < -0.39 is 11.5 Å². The molecule has 1 heterocycles. The molecule has 2 saturated carbocycles. The fourth-order valence-electron chi connectivity index (χ4n) is 4.56. The number of aliphatic hydroxyl groups is 1. The van der Waals surface area contributed by atoms with Crippen molar-refractivity contribution >= 4 is 23.7 Å². The third-order valence-electron chi connectivity index (χ3n) is 5.49. The minimum Gasteiger partial charge on any atom is -0.463 e. The second-order valence-electron chi connectivity index (χ2n) is 7.40. The zero-order valence-electron chi connectivity index (χ0n) is 14.0. The van der Waals surface area contributed by atoms with Crippen LogP contribution in [0.1, 0.15) is 46.5 Å². The first-order valence-corrected chi connectivity index (χ1v) is 9.62. The van der Waals surface area contributed by atoms with Crippen molar-refractivity contribution in [3.63, 3.8) is 0 Å². The van der Waals surface area contributed by atoms with Crippen LogP contribution in [0.5, 0.6) is 0 Å². The van der Waals surface area contributed by atoms with Gasteiger partial charge < -0.3 is 14.6 Å². The minimum absolute atomic E-state index is 0.0127. The number of esters is 2. The average molecular weight is 342 g/mol. The van der Waals surface area contributed by atoms with Crippen LogP contribution < -0.4 is 0 Å². The van der Waals surface area contributed by atoms with Gasteiger partial charge in [0, 0.05) is 11.0 Å². The van der Waals surface area contributed by atoms with Gasteiger partial charge >= 0.3 is 11.9 Å². The Bertz CT molecular complexity index is 493. The van der Waals surface area contributed by atoms with Crippen molar-refractivity contribution in [3.05, 3.63) is 0 Å². The summed E-state index contributed by atoms with van der Waals surface area (Å²) in [5.74, 6) is 0.198. The van der Waals surface area contributed by atoms with Crippen molar-refractivity contribution in [1.29, 1.82) is 0 Å². The normalized spacial score (nSPS) is 41.8. The van der Waals surface area contributed by atoms with Gasteiger partial charge in [-0.05, 0) is 44.9 Å². The average Bonchev–Trinajstić information content (AvgIpc) is 2.88. The maximum Gasteiger partial charge on any atom is 0.313 e. The maximum atomic E-state index is 12.3. The molecule has 0 bridgehead atoms. The fourth-order valence-corrected chi connectivity index (χ4v) is 6.08. The highest BCUT2D eigenvalue weighted by atomic mass is 32.2. The predicted molar refractivity (Wildman–Crippen MR) is 86.9 cm³/mol. The summed E-state index contributed by atoms with van der Waals surface area (Å²) in [5, 5.41) is 11.2. The number of hydrogen-bond donors (Lipinski definition) is 1. The smallest absolute Gasteiger partial charge is 0.313 e. The molecule has 23 heavy (non-hydrogen) atoms. The van der Waals surface area contributed by atoms with Gasteiger partial charge in [0.1, 0.15) is 17.6 Å². The Balaban J connectivity index is 1.65. The lowest BCUT2D eigenvalue weighted by atomic mass is 9.66. The molecule has 1 saturated heterocycles. The van der Waals surface area contributed by atoms with Crippen molar-refractivity contribution in [2.45, 2.75) is 69.5 Å². The van der Waals surface area contributed by atoms with Gasteiger partial charge in [-0.2, -0.15) is 11.8 Å². The molecule has 0 amide bonds. The Hall–Kier alpha value is -0.750. The highest BCUT2D eigenvalue weighted by Crippen LogP contribution is 2.58. The minimum atomic E-state index is -0.986. The van der Waals surface area contributed by atoms with Crippen molar-refractivity contribution in [3.8, 4) is 0 Å². The summed E-state index contributed by atoms with van der Waals surface area (Å²) < 4.78 is 10.6. The number of thioether (sulfide) groups is 1. The van der Waals surface area contributed by atoms with E-state index >= 15 is 0 Å². The summed E-state index contributed by atoms with van der Waals surface area (Å²) >= 11 is 1.61. The lowest BCUT2D eigenvalue weighted by Gasteiger charge is -2.44. The van der Waals surface area contributed by atoms with E-state index in [0.717, 1.165) is 19.3 Å². The Morgan fingerprint density at radius 1 is 1.48 bits per heavy atom. The van der Waals surface area contributed by atoms with Gasteiger partial charge in [0.05, 0.1) is 12.5 Å². The Morgan fingerprint density at radius 2 is 2.22 bits per heavy atom. The predicted octanol–water partition coefficient (Wildman–Crippen LogP) is 2.15. The molecule has 0 aromatic carbocycles. The lowest BCUT2D eigenvalue weighted by molar-refractivity contribution is -0.147. The van der Waals surface area contributed by atoms with Gasteiger partial charge in [0.15, 0.2) is 0 Å². The summed E-state index contributed by atoms with van der Waals surface area (Å²) in [5.41, 5.74) is -0.986. The molecular weight excluding hydrogens is 316 g/mol. The molecule has 6 unspecified atom stereocenters. The summed E-state index contributed by atoms with van der Waals surface area (Å²) in [6.07, 6.45) is 2.53. The molecule has 0 aromatic rings. The number of carbonyl (C=O) groups is 2. The monoisotopic (exact) mass is 342 g/mol. The fraction of sp³-hybridized carbons (Fsp3) is 0.882. The van der Waals surface area contributed by atoms with E-state index in [9.17, 15) is 14.7 Å². The quantitative estimate of drug-likeness (QED) is 0.772. The van der Waals surface area contributed by atoms with Crippen molar-refractivity contribution < 1.29 is 24.2 Å². The van der Waals surface area contributed by atoms with E-state index in [1.807, 2.05) is 13.8 Å². The lowest BCUT2D eigenvalue weighted by Crippen LogP contribution is -2.55. The topological polar surface area (TPSA) is 72.8 Å². The first kappa shape index (κ1) is 17.1. The van der Waals surface area contributed by atoms with Crippen molar-refractivity contribution in [1.82, 2.24) is 0 Å². The highest BCUT2D eigenvalue weighted by Gasteiger charge is 2.68. The second kappa shape index (κ2) is 6.28. The number of ether oxygens (including phenoxy) is 2. The molecule has 130 valence electrons. The molecule has 5 nitrogen and oxygen atoms in total. The highest BCUT2D eigenvalue weighted by molar-refractivity contribution is 8.00. The molecule has 2 aliphatic carbocycles. The molecule has 0 spiro atoms. The zero-order valence-corrected chi connectivity index (χ0v) is 14.8. The molecule has 6 atom stereocenters. The van der Waals surface area contributed by atoms with Crippen LogP contribution in [0.25, 0.3) is 0 Å². The molecule has 0 aromatic heterocycles. The number of hydrogen-bond acceptors (Lipinski definition) is 6. The van der Waals surface area contributed by atoms with Crippen molar-refractivity contribution in [2.75, 3.05) is 5.75 Å². The Morgan fingerprint density at radius 3 is 2.91 bits per heavy atom. The third-order valence-corrected chi connectivity index (χ3v) is 7.05. The third kappa shape index (κ3) is 2.88. The van der Waals surface area contributed by atoms with Crippen molar-refractivity contribution in [2.24, 2.45) is 17.8 Å². The first-order chi connectivity index (χ1) is 10.8. The largest absolute Gasteiger partial charge is 0.463 e. The summed E-state index contributed by atoms with van der Waals surface area (Å²) in [6, 6.07) is 0. The van der Waals surface area contributed by atoms with Crippen LogP contribution in [0.4, 0.5) is 0 Å². The number of rotatable bonds is 5. The maximum absolute atomic E-state index is 12.3. The van der Waals surface area contributed by atoms with Gasteiger partial charge in [-0.3, -0.25) is 9.59 Å². The zero-order chi connectivity index (χ0) is 16.8. The van der Waals surface area contributed by atoms with Crippen LogP contribution in [0.3, 0.4) is 0 Å². The van der Waals surface area contributed by atoms with Gasteiger partial charge in [0.25, 0.3) is 0 Å². The molecule has 0 radical (unpaired) electrons. The molecule has 1 aliphatic heterocycles. The SMILES string of the molecule is CC(C)OC(=O)CCSC1C(C)CC2CCC3OC(=O)C1C23O. The van der Waals surface area contributed by atoms with E-state index in [0.29, 0.717) is 18.1 Å². The first-order valence-electron chi connectivity index (χ1n) is 8.58. The Kier molecular flexibility index (Phi) is 4.67. The standard InChI is InChI=1S/C17H26O5S/c1-9(2)21-13(18)6-7-23-15-10(3)8-11-4-5-12-17(11,20)14(15)16(19)22-12/h9-12,14-15,20H,4-8H2,1-3H3. The van der Waals surface area contributed by atoms with Crippen LogP contribution in [0.15, 0.2) is 0 Å². The summed E-state index contributed by atoms with van der Waals surface area (Å²) in [7, 11) is 0. The summed E-state index contributed by atoms with van der Waals surface area (Å²) in [4.78, 5) is 24.0. The van der Waals surface area contributed by atoms with E-state index in [-0.39, 0.29) is 35.3 Å². The van der Waals surface area contributed by atoms with Crippen LogP contribution in [0.2, 0.25) is 0 Å². The van der Waals surface area contributed by atoms with Gasteiger partial charge in [-0.15, -0.1) is 0 Å². The number of carbonyl (C=O) groups excluding carboxylic acids is 2. The van der Waals surface area contributed by atoms with E-state index in [2.05, 4.69) is 6.92 Å². The van der Waals surface area contributed by atoms with Crippen LogP contribution in [-0.2, 0) is 19.1 Å². The Labute approximate surface area is 141 Å². The van der Waals surface area contributed by atoms with Gasteiger partial charge in [-0.25, -0.2) is 0 Å². The summed E-state index contributed by atoms with van der Waals surface area (Å²) in [6.45, 7) is 5.81.